The Morgan fingerprint density at radius 2 is 1.72 bits per heavy atom. The number of phenolic OH excluding ortho intramolecular Hbond substituents is 2. The standard InChI is InChI=1S/C22H22O10/c1-8-6-10-14(17(27)13-9(15(10)25)4-3-5-11(13)24)18(28)20(8)32-22(2)21(30)19(29)16(26)12(7-23)31-22/h3-6,12,16,19,21,23-24,26,28-30H,7H2,1-2H3/t12?,16-,19?,21?,22?/m0/s1. The summed E-state index contributed by atoms with van der Waals surface area (Å²) in [5.41, 5.74) is -0.526. The lowest BCUT2D eigenvalue weighted by molar-refractivity contribution is -0.330. The number of ether oxygens (including phenoxy) is 2. The molecular formula is C22H22O10. The fraction of sp³-hybridized carbons (Fsp3) is 0.364. The molecule has 5 atom stereocenters. The summed E-state index contributed by atoms with van der Waals surface area (Å²) in [6.07, 6.45) is -6.43. The van der Waals surface area contributed by atoms with Crippen molar-refractivity contribution < 1.29 is 49.7 Å². The Hall–Kier alpha value is -3.02. The van der Waals surface area contributed by atoms with E-state index in [1.165, 1.54) is 38.1 Å². The average molecular weight is 446 g/mol. The molecule has 1 saturated heterocycles. The van der Waals surface area contributed by atoms with Crippen molar-refractivity contribution in [3.05, 3.63) is 52.1 Å². The van der Waals surface area contributed by atoms with Crippen LogP contribution in [0.2, 0.25) is 0 Å². The normalized spacial score (nSPS) is 29.4. The maximum absolute atomic E-state index is 13.1. The third-order valence-corrected chi connectivity index (χ3v) is 5.89. The molecule has 1 heterocycles. The van der Waals surface area contributed by atoms with Crippen molar-refractivity contribution in [3.8, 4) is 17.2 Å². The molecule has 1 fully saturated rings. The molecule has 6 N–H and O–H groups in total. The number of aryl methyl sites for hydroxylation is 1. The molecule has 170 valence electrons. The van der Waals surface area contributed by atoms with Crippen LogP contribution in [0.1, 0.15) is 44.3 Å². The Labute approximate surface area is 181 Å². The van der Waals surface area contributed by atoms with Crippen LogP contribution < -0.4 is 4.74 Å². The molecule has 32 heavy (non-hydrogen) atoms. The van der Waals surface area contributed by atoms with Gasteiger partial charge in [-0.25, -0.2) is 0 Å². The van der Waals surface area contributed by atoms with Crippen LogP contribution in [0.4, 0.5) is 0 Å². The van der Waals surface area contributed by atoms with E-state index in [9.17, 15) is 40.2 Å². The van der Waals surface area contributed by atoms with Gasteiger partial charge in [-0.05, 0) is 24.6 Å². The summed E-state index contributed by atoms with van der Waals surface area (Å²) < 4.78 is 11.2. The topological polar surface area (TPSA) is 174 Å². The van der Waals surface area contributed by atoms with Gasteiger partial charge in [0.15, 0.2) is 17.3 Å². The van der Waals surface area contributed by atoms with Crippen LogP contribution in [0.3, 0.4) is 0 Å². The third-order valence-electron chi connectivity index (χ3n) is 5.89. The molecule has 0 saturated carbocycles. The van der Waals surface area contributed by atoms with Gasteiger partial charge in [0.25, 0.3) is 0 Å². The highest BCUT2D eigenvalue weighted by Gasteiger charge is 2.53. The van der Waals surface area contributed by atoms with Crippen LogP contribution >= 0.6 is 0 Å². The largest absolute Gasteiger partial charge is 0.507 e. The minimum atomic E-state index is -2.04. The highest BCUT2D eigenvalue weighted by molar-refractivity contribution is 6.30. The van der Waals surface area contributed by atoms with Gasteiger partial charge in [-0.1, -0.05) is 12.1 Å². The summed E-state index contributed by atoms with van der Waals surface area (Å²) in [6, 6.07) is 5.39. The van der Waals surface area contributed by atoms with E-state index in [1.54, 1.807) is 0 Å². The molecule has 4 unspecified atom stereocenters. The van der Waals surface area contributed by atoms with Crippen LogP contribution in [-0.4, -0.2) is 79.0 Å². The summed E-state index contributed by atoms with van der Waals surface area (Å²) >= 11 is 0. The predicted octanol–water partition coefficient (Wildman–Crippen LogP) is -0.250. The highest BCUT2D eigenvalue weighted by Crippen LogP contribution is 2.45. The van der Waals surface area contributed by atoms with E-state index in [0.717, 1.165) is 0 Å². The zero-order chi connectivity index (χ0) is 23.5. The molecule has 0 aromatic heterocycles. The first-order valence-corrected chi connectivity index (χ1v) is 9.81. The smallest absolute Gasteiger partial charge is 0.237 e. The zero-order valence-corrected chi connectivity index (χ0v) is 17.1. The summed E-state index contributed by atoms with van der Waals surface area (Å²) in [6.45, 7) is 2.02. The Morgan fingerprint density at radius 1 is 1.03 bits per heavy atom. The van der Waals surface area contributed by atoms with Gasteiger partial charge >= 0.3 is 0 Å². The second-order valence-electron chi connectivity index (χ2n) is 8.03. The number of carbonyl (C=O) groups excluding carboxylic acids is 2. The molecule has 0 radical (unpaired) electrons. The van der Waals surface area contributed by atoms with Gasteiger partial charge in [0.1, 0.15) is 30.2 Å². The summed E-state index contributed by atoms with van der Waals surface area (Å²) in [5.74, 6) is -4.86. The van der Waals surface area contributed by atoms with Gasteiger partial charge in [0, 0.05) is 18.1 Å². The summed E-state index contributed by atoms with van der Waals surface area (Å²) in [4.78, 5) is 26.0. The number of fused-ring (bicyclic) bond motifs is 2. The van der Waals surface area contributed by atoms with E-state index in [4.69, 9.17) is 9.47 Å². The van der Waals surface area contributed by atoms with Gasteiger partial charge in [-0.3, -0.25) is 9.59 Å². The lowest BCUT2D eigenvalue weighted by Crippen LogP contribution is -2.66. The van der Waals surface area contributed by atoms with Crippen molar-refractivity contribution in [1.82, 2.24) is 0 Å². The number of benzene rings is 2. The molecule has 1 aliphatic carbocycles. The van der Waals surface area contributed by atoms with E-state index >= 15 is 0 Å². The predicted molar refractivity (Wildman–Crippen MR) is 107 cm³/mol. The molecule has 2 aliphatic rings. The summed E-state index contributed by atoms with van der Waals surface area (Å²) in [7, 11) is 0. The molecule has 10 heteroatoms. The van der Waals surface area contributed by atoms with E-state index in [0.29, 0.717) is 0 Å². The van der Waals surface area contributed by atoms with Crippen LogP contribution in [-0.2, 0) is 4.74 Å². The van der Waals surface area contributed by atoms with Crippen molar-refractivity contribution in [2.75, 3.05) is 6.61 Å². The van der Waals surface area contributed by atoms with Crippen molar-refractivity contribution in [2.24, 2.45) is 0 Å². The fourth-order valence-electron chi connectivity index (χ4n) is 4.15. The second kappa shape index (κ2) is 7.54. The lowest BCUT2D eigenvalue weighted by Gasteiger charge is -2.46. The maximum atomic E-state index is 13.1. The summed E-state index contributed by atoms with van der Waals surface area (Å²) in [5, 5.41) is 61.0. The van der Waals surface area contributed by atoms with Crippen molar-refractivity contribution in [2.45, 2.75) is 44.1 Å². The van der Waals surface area contributed by atoms with Crippen LogP contribution in [0, 0.1) is 6.92 Å². The zero-order valence-electron chi connectivity index (χ0n) is 17.1. The molecular weight excluding hydrogens is 424 g/mol. The number of hydrogen-bond donors (Lipinski definition) is 6. The Morgan fingerprint density at radius 3 is 2.38 bits per heavy atom. The maximum Gasteiger partial charge on any atom is 0.237 e. The van der Waals surface area contributed by atoms with Crippen LogP contribution in [0.15, 0.2) is 24.3 Å². The number of rotatable bonds is 3. The molecule has 0 amide bonds. The Bertz CT molecular complexity index is 1120. The third kappa shape index (κ3) is 3.07. The lowest BCUT2D eigenvalue weighted by atomic mass is 9.82. The first kappa shape index (κ1) is 22.2. The minimum Gasteiger partial charge on any atom is -0.507 e. The van der Waals surface area contributed by atoms with E-state index < -0.39 is 65.4 Å². The van der Waals surface area contributed by atoms with Crippen LogP contribution in [0.5, 0.6) is 17.2 Å². The SMILES string of the molecule is Cc1cc2c(c(O)c1OC1(C)OC(CO)[C@H](O)C(O)C1O)C(=O)c1c(O)cccc1C2=O. The quantitative estimate of drug-likeness (QED) is 0.315. The van der Waals surface area contributed by atoms with Gasteiger partial charge in [0.05, 0.1) is 17.7 Å². The number of aromatic hydroxyl groups is 2. The number of aliphatic hydroxyl groups excluding tert-OH is 4. The molecule has 10 nitrogen and oxygen atoms in total. The molecule has 2 aromatic rings. The van der Waals surface area contributed by atoms with Gasteiger partial charge < -0.3 is 40.1 Å². The first-order valence-electron chi connectivity index (χ1n) is 9.81. The number of ketones is 2. The van der Waals surface area contributed by atoms with Gasteiger partial charge in [-0.15, -0.1) is 0 Å². The number of phenols is 2. The van der Waals surface area contributed by atoms with Crippen molar-refractivity contribution >= 4 is 11.6 Å². The minimum absolute atomic E-state index is 0.00383. The number of aliphatic hydroxyl groups is 4. The Kier molecular flexibility index (Phi) is 5.23. The van der Waals surface area contributed by atoms with E-state index in [-0.39, 0.29) is 28.0 Å². The molecule has 2 aromatic carbocycles. The van der Waals surface area contributed by atoms with E-state index in [1.807, 2.05) is 0 Å². The van der Waals surface area contributed by atoms with Gasteiger partial charge in [0.2, 0.25) is 11.6 Å². The van der Waals surface area contributed by atoms with Crippen LogP contribution in [0.25, 0.3) is 0 Å². The fourth-order valence-corrected chi connectivity index (χ4v) is 4.15. The van der Waals surface area contributed by atoms with Crippen molar-refractivity contribution in [1.29, 1.82) is 0 Å². The average Bonchev–Trinajstić information content (AvgIpc) is 2.75. The Balaban J connectivity index is 1.82. The second-order valence-corrected chi connectivity index (χ2v) is 8.03. The molecule has 0 bridgehead atoms. The van der Waals surface area contributed by atoms with E-state index in [2.05, 4.69) is 0 Å². The first-order chi connectivity index (χ1) is 15.0. The highest BCUT2D eigenvalue weighted by atomic mass is 16.7. The van der Waals surface area contributed by atoms with Crippen molar-refractivity contribution in [3.63, 3.8) is 0 Å². The molecule has 0 spiro atoms. The van der Waals surface area contributed by atoms with Gasteiger partial charge in [-0.2, -0.15) is 0 Å². The number of carbonyl (C=O) groups is 2. The molecule has 1 aliphatic heterocycles. The number of hydrogen-bond acceptors (Lipinski definition) is 10. The molecule has 4 rings (SSSR count). The monoisotopic (exact) mass is 446 g/mol.